The second-order valence-electron chi connectivity index (χ2n) is 1.68. The molecule has 1 aromatic heterocycles. The van der Waals surface area contributed by atoms with Gasteiger partial charge in [0.1, 0.15) is 5.75 Å². The third kappa shape index (κ3) is 1.22. The van der Waals surface area contributed by atoms with Crippen LogP contribution in [-0.2, 0) is 0 Å². The van der Waals surface area contributed by atoms with Gasteiger partial charge in [0.2, 0.25) is 0 Å². The van der Waals surface area contributed by atoms with Crippen LogP contribution in [0.15, 0.2) is 23.6 Å². The van der Waals surface area contributed by atoms with Crippen LogP contribution in [-0.4, -0.2) is 21.5 Å². The highest BCUT2D eigenvalue weighted by Gasteiger charge is 1.93. The molecule has 1 heterocycles. The number of nitrogens with zero attached hydrogens (tertiary/aromatic N) is 2. The predicted molar refractivity (Wildman–Crippen MR) is 35.3 cm³/mol. The molecule has 0 saturated carbocycles. The zero-order valence-corrected chi connectivity index (χ0v) is 5.10. The zero-order valence-electron chi connectivity index (χ0n) is 5.10. The van der Waals surface area contributed by atoms with E-state index < -0.39 is 0 Å². The van der Waals surface area contributed by atoms with Crippen molar-refractivity contribution in [1.82, 2.24) is 4.98 Å². The molecule has 0 saturated heterocycles. The Kier molecular flexibility index (Phi) is 1.84. The van der Waals surface area contributed by atoms with E-state index >= 15 is 0 Å². The van der Waals surface area contributed by atoms with Crippen molar-refractivity contribution in [3.63, 3.8) is 0 Å². The average molecular weight is 138 g/mol. The first-order chi connectivity index (χ1) is 4.84. The van der Waals surface area contributed by atoms with Crippen LogP contribution in [0.5, 0.6) is 5.75 Å². The quantitative estimate of drug-likeness (QED) is 0.339. The lowest BCUT2D eigenvalue weighted by molar-refractivity contribution is 0.321. The Hall–Kier alpha value is -1.58. The Balaban J connectivity index is 3.03. The Morgan fingerprint density at radius 3 is 3.00 bits per heavy atom. The van der Waals surface area contributed by atoms with Crippen molar-refractivity contribution in [2.45, 2.75) is 0 Å². The summed E-state index contributed by atoms with van der Waals surface area (Å²) in [5.41, 5.74) is 0.442. The standard InChI is InChI=1S/C6H6N2O2/c9-6-4-7-2-1-5(6)3-8-10/h1-4,9-10H/b8-3-. The molecule has 0 aliphatic rings. The normalized spacial score (nSPS) is 10.4. The summed E-state index contributed by atoms with van der Waals surface area (Å²) in [5.74, 6) is 0.000278. The molecule has 1 aromatic rings. The van der Waals surface area contributed by atoms with Crippen LogP contribution in [0.2, 0.25) is 0 Å². The monoisotopic (exact) mass is 138 g/mol. The second kappa shape index (κ2) is 2.82. The van der Waals surface area contributed by atoms with Crippen molar-refractivity contribution in [3.05, 3.63) is 24.0 Å². The highest BCUT2D eigenvalue weighted by Crippen LogP contribution is 2.10. The van der Waals surface area contributed by atoms with Crippen molar-refractivity contribution in [2.75, 3.05) is 0 Å². The molecule has 0 spiro atoms. The smallest absolute Gasteiger partial charge is 0.142 e. The number of aromatic nitrogens is 1. The van der Waals surface area contributed by atoms with E-state index in [9.17, 15) is 0 Å². The minimum absolute atomic E-state index is 0.000278. The van der Waals surface area contributed by atoms with Gasteiger partial charge in [-0.25, -0.2) is 0 Å². The summed E-state index contributed by atoms with van der Waals surface area (Å²) < 4.78 is 0. The second-order valence-corrected chi connectivity index (χ2v) is 1.68. The van der Waals surface area contributed by atoms with Crippen LogP contribution in [0, 0.1) is 0 Å². The molecule has 0 bridgehead atoms. The summed E-state index contributed by atoms with van der Waals surface area (Å²) in [6.07, 6.45) is 3.91. The van der Waals surface area contributed by atoms with Crippen LogP contribution < -0.4 is 0 Å². The first kappa shape index (κ1) is 6.54. The molecule has 52 valence electrons. The first-order valence-electron chi connectivity index (χ1n) is 2.65. The molecule has 2 N–H and O–H groups in total. The van der Waals surface area contributed by atoms with Crippen molar-refractivity contribution in [3.8, 4) is 5.75 Å². The molecule has 0 amide bonds. The van der Waals surface area contributed by atoms with Gasteiger partial charge in [-0.05, 0) is 6.07 Å². The number of hydrogen-bond acceptors (Lipinski definition) is 4. The Morgan fingerprint density at radius 2 is 2.40 bits per heavy atom. The van der Waals surface area contributed by atoms with Gasteiger partial charge in [-0.2, -0.15) is 0 Å². The Labute approximate surface area is 57.5 Å². The van der Waals surface area contributed by atoms with E-state index in [1.165, 1.54) is 18.5 Å². The summed E-state index contributed by atoms with van der Waals surface area (Å²) in [6.45, 7) is 0. The highest BCUT2D eigenvalue weighted by molar-refractivity contribution is 5.82. The molecule has 0 radical (unpaired) electrons. The van der Waals surface area contributed by atoms with Crippen LogP contribution >= 0.6 is 0 Å². The molecule has 1 rings (SSSR count). The lowest BCUT2D eigenvalue weighted by Crippen LogP contribution is -1.82. The third-order valence-electron chi connectivity index (χ3n) is 1.03. The fourth-order valence-corrected chi connectivity index (χ4v) is 0.568. The van der Waals surface area contributed by atoms with Crippen molar-refractivity contribution < 1.29 is 10.3 Å². The molecule has 0 fully saturated rings. The summed E-state index contributed by atoms with van der Waals surface area (Å²) in [7, 11) is 0. The molecule has 10 heavy (non-hydrogen) atoms. The highest BCUT2D eigenvalue weighted by atomic mass is 16.4. The summed E-state index contributed by atoms with van der Waals surface area (Å²) in [4.78, 5) is 3.63. The minimum Gasteiger partial charge on any atom is -0.506 e. The van der Waals surface area contributed by atoms with Gasteiger partial charge >= 0.3 is 0 Å². The van der Waals surface area contributed by atoms with Crippen LogP contribution in [0.1, 0.15) is 5.56 Å². The van der Waals surface area contributed by atoms with Gasteiger partial charge in [-0.3, -0.25) is 4.98 Å². The van der Waals surface area contributed by atoms with Crippen LogP contribution in [0.3, 0.4) is 0 Å². The largest absolute Gasteiger partial charge is 0.506 e. The molecule has 4 heteroatoms. The topological polar surface area (TPSA) is 65.7 Å². The van der Waals surface area contributed by atoms with E-state index in [1.807, 2.05) is 0 Å². The lowest BCUT2D eigenvalue weighted by atomic mass is 10.3. The minimum atomic E-state index is 0.000278. The molecular formula is C6H6N2O2. The maximum atomic E-state index is 8.98. The van der Waals surface area contributed by atoms with Crippen LogP contribution in [0.4, 0.5) is 0 Å². The number of pyridine rings is 1. The molecule has 0 aromatic carbocycles. The zero-order chi connectivity index (χ0) is 7.40. The Bertz CT molecular complexity index is 247. The SMILES string of the molecule is O/N=C\c1ccncc1O. The van der Waals surface area contributed by atoms with Crippen molar-refractivity contribution in [1.29, 1.82) is 0 Å². The molecule has 0 aliphatic heterocycles. The fraction of sp³-hybridized carbons (Fsp3) is 0. The van der Waals surface area contributed by atoms with E-state index in [0.29, 0.717) is 5.56 Å². The number of aromatic hydroxyl groups is 1. The molecule has 0 atom stereocenters. The first-order valence-corrected chi connectivity index (χ1v) is 2.65. The van der Waals surface area contributed by atoms with Crippen molar-refractivity contribution >= 4 is 6.21 Å². The van der Waals surface area contributed by atoms with E-state index in [0.717, 1.165) is 6.21 Å². The maximum Gasteiger partial charge on any atom is 0.142 e. The number of hydrogen-bond donors (Lipinski definition) is 2. The number of oxime groups is 1. The van der Waals surface area contributed by atoms with E-state index in [-0.39, 0.29) is 5.75 Å². The summed E-state index contributed by atoms with van der Waals surface area (Å²) >= 11 is 0. The summed E-state index contributed by atoms with van der Waals surface area (Å²) in [5, 5.41) is 19.8. The Morgan fingerprint density at radius 1 is 1.60 bits per heavy atom. The third-order valence-corrected chi connectivity index (χ3v) is 1.03. The lowest BCUT2D eigenvalue weighted by Gasteiger charge is -1.92. The fourth-order valence-electron chi connectivity index (χ4n) is 0.568. The molecular weight excluding hydrogens is 132 g/mol. The summed E-state index contributed by atoms with van der Waals surface area (Å²) in [6, 6.07) is 1.54. The van der Waals surface area contributed by atoms with Gasteiger partial charge in [-0.1, -0.05) is 5.16 Å². The average Bonchev–Trinajstić information content (AvgIpc) is 1.94. The van der Waals surface area contributed by atoms with Gasteiger partial charge in [0.15, 0.2) is 0 Å². The van der Waals surface area contributed by atoms with Crippen molar-refractivity contribution in [2.24, 2.45) is 5.16 Å². The van der Waals surface area contributed by atoms with E-state index in [2.05, 4.69) is 10.1 Å². The van der Waals surface area contributed by atoms with Gasteiger partial charge in [0.05, 0.1) is 12.4 Å². The molecule has 4 nitrogen and oxygen atoms in total. The predicted octanol–water partition coefficient (Wildman–Crippen LogP) is 0.595. The molecule has 0 aliphatic carbocycles. The van der Waals surface area contributed by atoms with Crippen LogP contribution in [0.25, 0.3) is 0 Å². The molecule has 0 unspecified atom stereocenters. The maximum absolute atomic E-state index is 8.98. The van der Waals surface area contributed by atoms with Gasteiger partial charge in [-0.15, -0.1) is 0 Å². The van der Waals surface area contributed by atoms with Gasteiger partial charge < -0.3 is 10.3 Å². The van der Waals surface area contributed by atoms with Gasteiger partial charge in [0.25, 0.3) is 0 Å². The number of rotatable bonds is 1. The van der Waals surface area contributed by atoms with Gasteiger partial charge in [0, 0.05) is 11.8 Å². The van der Waals surface area contributed by atoms with E-state index in [4.69, 9.17) is 10.3 Å². The van der Waals surface area contributed by atoms with E-state index in [1.54, 1.807) is 0 Å².